The molecule has 0 bridgehead atoms. The molecule has 1 aliphatic heterocycles. The van der Waals surface area contributed by atoms with Crippen molar-refractivity contribution in [1.82, 2.24) is 14.9 Å². The fraction of sp³-hybridized carbons (Fsp3) is 0.385. The molecule has 11 heteroatoms. The Labute approximate surface area is 225 Å². The van der Waals surface area contributed by atoms with Gasteiger partial charge in [-0.25, -0.2) is 13.4 Å². The largest absolute Gasteiger partial charge is 0.380 e. The van der Waals surface area contributed by atoms with E-state index < -0.39 is 10.0 Å². The molecular weight excluding hydrogens is 529 g/mol. The summed E-state index contributed by atoms with van der Waals surface area (Å²) in [7, 11) is -3.74. The van der Waals surface area contributed by atoms with Gasteiger partial charge in [0.05, 0.1) is 30.0 Å². The Morgan fingerprint density at radius 2 is 2.08 bits per heavy atom. The number of para-hydroxylation sites is 1. The number of nitrogens with zero attached hydrogens (tertiary/aromatic N) is 3. The number of hydrogen-bond acceptors (Lipinski definition) is 8. The summed E-state index contributed by atoms with van der Waals surface area (Å²) in [6, 6.07) is 11.1. The van der Waals surface area contributed by atoms with Crippen LogP contribution >= 0.6 is 22.7 Å². The fourth-order valence-corrected chi connectivity index (χ4v) is 8.11. The molecule has 1 N–H and O–H groups in total. The van der Waals surface area contributed by atoms with E-state index in [9.17, 15) is 13.2 Å². The molecule has 1 fully saturated rings. The maximum atomic E-state index is 13.6. The number of hydrogen-bond donors (Lipinski definition) is 1. The van der Waals surface area contributed by atoms with E-state index in [1.54, 1.807) is 28.8 Å². The number of rotatable bonds is 11. The average Bonchev–Trinajstić information content (AvgIpc) is 3.68. The van der Waals surface area contributed by atoms with Crippen LogP contribution in [-0.4, -0.2) is 62.4 Å². The summed E-state index contributed by atoms with van der Waals surface area (Å²) in [6.45, 7) is 5.58. The Balaban J connectivity index is 1.42. The van der Waals surface area contributed by atoms with Gasteiger partial charge in [-0.3, -0.25) is 9.21 Å². The number of sulfonamides is 1. The first-order valence-electron chi connectivity index (χ1n) is 12.4. The smallest absolute Gasteiger partial charge is 0.273 e. The number of carbonyl (C=O) groups excluding carboxylic acids is 1. The summed E-state index contributed by atoms with van der Waals surface area (Å²) >= 11 is 2.84. The number of benzene rings is 1. The Morgan fingerprint density at radius 3 is 2.81 bits per heavy atom. The Kier molecular flexibility index (Phi) is 8.06. The molecule has 0 radical (unpaired) electrons. The molecule has 4 aromatic rings. The Bertz CT molecular complexity index is 1440. The molecule has 1 saturated heterocycles. The van der Waals surface area contributed by atoms with E-state index >= 15 is 0 Å². The van der Waals surface area contributed by atoms with Crippen molar-refractivity contribution in [2.75, 3.05) is 37.2 Å². The minimum Gasteiger partial charge on any atom is -0.380 e. The lowest BCUT2D eigenvalue weighted by atomic mass is 9.99. The molecule has 0 atom stereocenters. The van der Waals surface area contributed by atoms with E-state index in [0.29, 0.717) is 23.1 Å². The number of thiophene rings is 1. The SMILES string of the molecule is CCOCCN(c1cccc2cc(-c3ncc(CN4CCC(C=O)CC4)s3)[nH]c12)S(=O)(=O)c1cccs1. The molecule has 1 aromatic carbocycles. The van der Waals surface area contributed by atoms with Crippen molar-refractivity contribution in [3.8, 4) is 10.7 Å². The Morgan fingerprint density at radius 1 is 1.24 bits per heavy atom. The van der Waals surface area contributed by atoms with E-state index in [4.69, 9.17) is 4.74 Å². The maximum Gasteiger partial charge on any atom is 0.273 e. The van der Waals surface area contributed by atoms with Gasteiger partial charge in [-0.2, -0.15) is 0 Å². The number of likely N-dealkylation sites (tertiary alicyclic amines) is 1. The number of carbonyl (C=O) groups is 1. The molecule has 0 saturated carbocycles. The third-order valence-corrected chi connectivity index (χ3v) is 10.8. The summed E-state index contributed by atoms with van der Waals surface area (Å²) in [5.74, 6) is 0.186. The zero-order valence-electron chi connectivity index (χ0n) is 20.6. The van der Waals surface area contributed by atoms with Crippen molar-refractivity contribution in [3.05, 3.63) is 52.9 Å². The number of ether oxygens (including phenoxy) is 1. The van der Waals surface area contributed by atoms with Gasteiger partial charge in [0.15, 0.2) is 0 Å². The molecule has 5 rings (SSSR count). The lowest BCUT2D eigenvalue weighted by Crippen LogP contribution is -2.34. The number of nitrogens with one attached hydrogen (secondary N) is 1. The van der Waals surface area contributed by atoms with E-state index in [2.05, 4.69) is 14.9 Å². The number of H-pyrrole nitrogens is 1. The van der Waals surface area contributed by atoms with Crippen LogP contribution < -0.4 is 4.31 Å². The summed E-state index contributed by atoms with van der Waals surface area (Å²) in [6.07, 6.45) is 4.81. The van der Waals surface area contributed by atoms with Gasteiger partial charge in [0.25, 0.3) is 10.0 Å². The fourth-order valence-electron chi connectivity index (χ4n) is 4.62. The van der Waals surface area contributed by atoms with Gasteiger partial charge in [-0.15, -0.1) is 22.7 Å². The molecular formula is C26H30N4O4S3. The first kappa shape index (κ1) is 26.1. The minimum absolute atomic E-state index is 0.186. The summed E-state index contributed by atoms with van der Waals surface area (Å²) < 4.78 is 34.4. The third-order valence-electron chi connectivity index (χ3n) is 6.57. The standard InChI is InChI=1S/C26H30N4O4S3/c1-2-34-13-12-30(37(32,33)24-7-4-14-35-24)23-6-3-5-20-15-22(28-25(20)23)26-27-16-21(36-26)17-29-10-8-19(18-31)9-11-29/h3-7,14-16,18-19,28H,2,8-13,17H2,1H3. The van der Waals surface area contributed by atoms with Crippen LogP contribution in [0.5, 0.6) is 0 Å². The predicted molar refractivity (Wildman–Crippen MR) is 149 cm³/mol. The summed E-state index contributed by atoms with van der Waals surface area (Å²) in [5, 5.41) is 3.55. The van der Waals surface area contributed by atoms with E-state index in [1.165, 1.54) is 15.6 Å². The molecule has 0 unspecified atom stereocenters. The molecule has 3 aromatic heterocycles. The zero-order chi connectivity index (χ0) is 25.8. The van der Waals surface area contributed by atoms with E-state index in [1.807, 2.05) is 37.4 Å². The third kappa shape index (κ3) is 5.65. The zero-order valence-corrected chi connectivity index (χ0v) is 23.1. The highest BCUT2D eigenvalue weighted by molar-refractivity contribution is 7.94. The van der Waals surface area contributed by atoms with E-state index in [0.717, 1.165) is 65.2 Å². The molecule has 0 spiro atoms. The van der Waals surface area contributed by atoms with Gasteiger partial charge >= 0.3 is 0 Å². The van der Waals surface area contributed by atoms with Crippen LogP contribution in [-0.2, 0) is 26.1 Å². The van der Waals surface area contributed by atoms with Gasteiger partial charge in [0, 0.05) is 35.5 Å². The molecule has 8 nitrogen and oxygen atoms in total. The highest BCUT2D eigenvalue weighted by Gasteiger charge is 2.28. The van der Waals surface area contributed by atoms with Crippen molar-refractivity contribution in [2.24, 2.45) is 5.92 Å². The van der Waals surface area contributed by atoms with Crippen LogP contribution in [0.15, 0.2) is 52.2 Å². The molecule has 1 aliphatic rings. The van der Waals surface area contributed by atoms with Gasteiger partial charge in [0.1, 0.15) is 15.5 Å². The van der Waals surface area contributed by atoms with Crippen molar-refractivity contribution in [2.45, 2.75) is 30.5 Å². The number of aldehydes is 1. The molecule has 4 heterocycles. The van der Waals surface area contributed by atoms with Gasteiger partial charge < -0.3 is 14.5 Å². The quantitative estimate of drug-likeness (QED) is 0.206. The molecule has 0 amide bonds. The highest BCUT2D eigenvalue weighted by Crippen LogP contribution is 2.35. The molecule has 37 heavy (non-hydrogen) atoms. The van der Waals surface area contributed by atoms with E-state index in [-0.39, 0.29) is 12.5 Å². The minimum atomic E-state index is -3.74. The second-order valence-corrected chi connectivity index (χ2v) is 13.2. The number of aromatic amines is 1. The number of fused-ring (bicyclic) bond motifs is 1. The first-order valence-corrected chi connectivity index (χ1v) is 15.5. The van der Waals surface area contributed by atoms with Crippen LogP contribution in [0.3, 0.4) is 0 Å². The normalized spacial score (nSPS) is 15.4. The van der Waals surface area contributed by atoms with Gasteiger partial charge in [0.2, 0.25) is 0 Å². The summed E-state index contributed by atoms with van der Waals surface area (Å²) in [5.41, 5.74) is 2.20. The average molecular weight is 559 g/mol. The highest BCUT2D eigenvalue weighted by atomic mass is 32.2. The molecule has 0 aliphatic carbocycles. The topological polar surface area (TPSA) is 95.6 Å². The lowest BCUT2D eigenvalue weighted by Gasteiger charge is -2.28. The van der Waals surface area contributed by atoms with Crippen LogP contribution in [0.2, 0.25) is 0 Å². The van der Waals surface area contributed by atoms with Crippen LogP contribution in [0.25, 0.3) is 21.6 Å². The second-order valence-electron chi connectivity index (χ2n) is 9.01. The lowest BCUT2D eigenvalue weighted by molar-refractivity contribution is -0.112. The van der Waals surface area contributed by atoms with Crippen molar-refractivity contribution >= 4 is 55.6 Å². The monoisotopic (exact) mass is 558 g/mol. The van der Waals surface area contributed by atoms with Crippen LogP contribution in [0.4, 0.5) is 5.69 Å². The Hall–Kier alpha value is -2.57. The van der Waals surface area contributed by atoms with Gasteiger partial charge in [-0.05, 0) is 56.4 Å². The maximum absolute atomic E-state index is 13.6. The number of thiazole rings is 1. The second kappa shape index (κ2) is 11.4. The van der Waals surface area contributed by atoms with Crippen LogP contribution in [0, 0.1) is 5.92 Å². The first-order chi connectivity index (χ1) is 18.0. The van der Waals surface area contributed by atoms with Crippen LogP contribution in [0.1, 0.15) is 24.6 Å². The van der Waals surface area contributed by atoms with Crippen molar-refractivity contribution in [3.63, 3.8) is 0 Å². The van der Waals surface area contributed by atoms with Gasteiger partial charge in [-0.1, -0.05) is 18.2 Å². The summed E-state index contributed by atoms with van der Waals surface area (Å²) in [4.78, 5) is 22.7. The van der Waals surface area contributed by atoms with Crippen molar-refractivity contribution < 1.29 is 17.9 Å². The number of aromatic nitrogens is 2. The number of piperidine rings is 1. The predicted octanol–water partition coefficient (Wildman–Crippen LogP) is 5.00. The molecule has 196 valence electrons. The number of anilines is 1. The van der Waals surface area contributed by atoms with Crippen molar-refractivity contribution in [1.29, 1.82) is 0 Å².